The molecule has 186 valence electrons. The Bertz CT molecular complexity index is 1080. The zero-order valence-electron chi connectivity index (χ0n) is 19.5. The standard InChI is InChI=1S/C22H28N2O9S/c1-12(2)19(26)32-13(3)33-20(27)16-22(4,5)34(29,30)18-15(17(25)24(16)18)23-21(28)31-11-14-9-7-6-8-10-14/h6-10,12-13,15-16,18H,11H2,1-5H3,(H,23,28)/t13?,15?,16-,18+/m0/s1. The molecule has 2 unspecified atom stereocenters. The van der Waals surface area contributed by atoms with Gasteiger partial charge in [-0.15, -0.1) is 0 Å². The number of β-lactam (4-membered cyclic amide) rings is 1. The van der Waals surface area contributed by atoms with Crippen LogP contribution in [0.1, 0.15) is 40.2 Å². The number of amides is 2. The van der Waals surface area contributed by atoms with E-state index in [-0.39, 0.29) is 6.61 Å². The van der Waals surface area contributed by atoms with Crippen LogP contribution in [0.15, 0.2) is 30.3 Å². The maximum atomic E-state index is 13.2. The molecular weight excluding hydrogens is 468 g/mol. The van der Waals surface area contributed by atoms with Crippen molar-refractivity contribution in [3.63, 3.8) is 0 Å². The van der Waals surface area contributed by atoms with Crippen molar-refractivity contribution >= 4 is 33.8 Å². The highest BCUT2D eigenvalue weighted by Crippen LogP contribution is 2.46. The third-order valence-electron chi connectivity index (χ3n) is 5.81. The number of fused-ring (bicyclic) bond motifs is 1. The third kappa shape index (κ3) is 4.46. The highest BCUT2D eigenvalue weighted by Gasteiger charge is 2.73. The fourth-order valence-electron chi connectivity index (χ4n) is 3.86. The van der Waals surface area contributed by atoms with Crippen molar-refractivity contribution in [3.8, 4) is 0 Å². The number of carbonyl (C=O) groups excluding carboxylic acids is 4. The molecule has 0 spiro atoms. The lowest BCUT2D eigenvalue weighted by molar-refractivity contribution is -0.193. The van der Waals surface area contributed by atoms with Gasteiger partial charge in [0.05, 0.1) is 5.92 Å². The first kappa shape index (κ1) is 25.5. The van der Waals surface area contributed by atoms with Gasteiger partial charge in [0.2, 0.25) is 12.2 Å². The Morgan fingerprint density at radius 2 is 1.71 bits per heavy atom. The van der Waals surface area contributed by atoms with Crippen LogP contribution >= 0.6 is 0 Å². The molecule has 0 radical (unpaired) electrons. The minimum Gasteiger partial charge on any atom is -0.445 e. The van der Waals surface area contributed by atoms with Crippen molar-refractivity contribution in [1.29, 1.82) is 0 Å². The quantitative estimate of drug-likeness (QED) is 0.333. The van der Waals surface area contributed by atoms with Gasteiger partial charge in [-0.1, -0.05) is 44.2 Å². The van der Waals surface area contributed by atoms with Crippen LogP contribution in [0.2, 0.25) is 0 Å². The van der Waals surface area contributed by atoms with E-state index in [0.29, 0.717) is 5.56 Å². The highest BCUT2D eigenvalue weighted by atomic mass is 32.2. The zero-order valence-corrected chi connectivity index (χ0v) is 20.3. The molecule has 2 amide bonds. The fraction of sp³-hybridized carbons (Fsp3) is 0.545. The van der Waals surface area contributed by atoms with E-state index in [1.54, 1.807) is 44.2 Å². The maximum absolute atomic E-state index is 13.2. The van der Waals surface area contributed by atoms with Gasteiger partial charge >= 0.3 is 18.0 Å². The molecule has 2 aliphatic rings. The molecule has 1 aromatic rings. The molecule has 2 fully saturated rings. The minimum absolute atomic E-state index is 0.0673. The van der Waals surface area contributed by atoms with E-state index in [1.807, 2.05) is 0 Å². The first-order valence-corrected chi connectivity index (χ1v) is 12.3. The molecule has 34 heavy (non-hydrogen) atoms. The van der Waals surface area contributed by atoms with E-state index in [2.05, 4.69) is 5.32 Å². The molecule has 2 saturated heterocycles. The van der Waals surface area contributed by atoms with Crippen molar-refractivity contribution in [2.75, 3.05) is 0 Å². The Morgan fingerprint density at radius 3 is 2.29 bits per heavy atom. The van der Waals surface area contributed by atoms with Crippen molar-refractivity contribution in [2.45, 2.75) is 69.7 Å². The van der Waals surface area contributed by atoms with Gasteiger partial charge in [-0.2, -0.15) is 0 Å². The summed E-state index contributed by atoms with van der Waals surface area (Å²) in [5.41, 5.74) is 0.712. The number of benzene rings is 1. The number of ether oxygens (including phenoxy) is 3. The lowest BCUT2D eigenvalue weighted by atomic mass is 9.96. The van der Waals surface area contributed by atoms with Gasteiger partial charge in [0, 0.05) is 6.92 Å². The second-order valence-corrected chi connectivity index (χ2v) is 11.6. The van der Waals surface area contributed by atoms with E-state index < -0.39 is 68.2 Å². The van der Waals surface area contributed by atoms with E-state index in [4.69, 9.17) is 14.2 Å². The molecule has 3 rings (SSSR count). The molecular formula is C22H28N2O9S. The second kappa shape index (κ2) is 9.24. The summed E-state index contributed by atoms with van der Waals surface area (Å²) in [6.45, 7) is 7.06. The maximum Gasteiger partial charge on any atom is 0.408 e. The van der Waals surface area contributed by atoms with Gasteiger partial charge in [0.15, 0.2) is 15.2 Å². The number of esters is 2. The lowest BCUT2D eigenvalue weighted by Crippen LogP contribution is -2.72. The first-order chi connectivity index (χ1) is 15.8. The van der Waals surface area contributed by atoms with Crippen molar-refractivity contribution in [2.24, 2.45) is 5.92 Å². The fourth-order valence-corrected chi connectivity index (χ4v) is 6.08. The summed E-state index contributed by atoms with van der Waals surface area (Å²) in [5.74, 6) is -2.85. The summed E-state index contributed by atoms with van der Waals surface area (Å²) >= 11 is 0. The molecule has 12 heteroatoms. The topological polar surface area (TPSA) is 145 Å². The van der Waals surface area contributed by atoms with Gasteiger partial charge < -0.3 is 24.4 Å². The molecule has 1 aromatic carbocycles. The van der Waals surface area contributed by atoms with E-state index >= 15 is 0 Å². The number of hydrogen-bond acceptors (Lipinski definition) is 9. The van der Waals surface area contributed by atoms with Gasteiger partial charge in [0.1, 0.15) is 23.4 Å². The smallest absolute Gasteiger partial charge is 0.408 e. The summed E-state index contributed by atoms with van der Waals surface area (Å²) in [7, 11) is -4.10. The van der Waals surface area contributed by atoms with Gasteiger partial charge in [-0.3, -0.25) is 9.59 Å². The van der Waals surface area contributed by atoms with E-state index in [0.717, 1.165) is 4.90 Å². The van der Waals surface area contributed by atoms with Gasteiger partial charge in [-0.25, -0.2) is 18.0 Å². The molecule has 0 aromatic heterocycles. The first-order valence-electron chi connectivity index (χ1n) is 10.7. The number of nitrogens with one attached hydrogen (secondary N) is 1. The van der Waals surface area contributed by atoms with Gasteiger partial charge in [-0.05, 0) is 19.4 Å². The van der Waals surface area contributed by atoms with Crippen LogP contribution in [0.4, 0.5) is 4.79 Å². The summed E-state index contributed by atoms with van der Waals surface area (Å²) in [4.78, 5) is 50.5. The number of nitrogens with zero attached hydrogens (tertiary/aromatic N) is 1. The summed E-state index contributed by atoms with van der Waals surface area (Å²) in [6.07, 6.45) is -2.24. The Labute approximate surface area is 197 Å². The van der Waals surface area contributed by atoms with E-state index in [9.17, 15) is 27.6 Å². The van der Waals surface area contributed by atoms with Crippen molar-refractivity contribution in [1.82, 2.24) is 10.2 Å². The molecule has 2 heterocycles. The minimum atomic E-state index is -4.10. The Morgan fingerprint density at radius 1 is 1.09 bits per heavy atom. The Kier molecular flexibility index (Phi) is 6.92. The SMILES string of the molecule is CC(OC(=O)C(C)C)OC(=O)[C@@H]1N2C(=O)C(NC(=O)OCc3ccccc3)[C@H]2S(=O)(=O)C1(C)C. The average molecular weight is 497 g/mol. The molecule has 11 nitrogen and oxygen atoms in total. The molecule has 0 bridgehead atoms. The van der Waals surface area contributed by atoms with Crippen LogP contribution in [0, 0.1) is 5.92 Å². The largest absolute Gasteiger partial charge is 0.445 e. The van der Waals surface area contributed by atoms with Crippen LogP contribution in [-0.4, -0.2) is 65.8 Å². The van der Waals surface area contributed by atoms with Crippen molar-refractivity contribution < 1.29 is 41.8 Å². The average Bonchev–Trinajstić information content (AvgIpc) is 2.90. The zero-order chi connectivity index (χ0) is 25.4. The Balaban J connectivity index is 1.70. The van der Waals surface area contributed by atoms with Crippen LogP contribution < -0.4 is 5.32 Å². The number of sulfone groups is 1. The van der Waals surface area contributed by atoms with Crippen LogP contribution in [0.3, 0.4) is 0 Å². The van der Waals surface area contributed by atoms with E-state index in [1.165, 1.54) is 20.8 Å². The molecule has 0 saturated carbocycles. The normalized spacial score (nSPS) is 25.1. The highest BCUT2D eigenvalue weighted by molar-refractivity contribution is 7.94. The number of hydrogen-bond donors (Lipinski definition) is 1. The monoisotopic (exact) mass is 496 g/mol. The van der Waals surface area contributed by atoms with Crippen LogP contribution in [0.25, 0.3) is 0 Å². The number of carbonyl (C=O) groups is 4. The third-order valence-corrected chi connectivity index (χ3v) is 8.64. The summed E-state index contributed by atoms with van der Waals surface area (Å²) in [6, 6.07) is 5.93. The lowest BCUT2D eigenvalue weighted by Gasteiger charge is -2.42. The van der Waals surface area contributed by atoms with Crippen LogP contribution in [-0.2, 0) is 45.0 Å². The molecule has 4 atom stereocenters. The number of rotatable bonds is 7. The number of alkyl carbamates (subject to hydrolysis) is 1. The van der Waals surface area contributed by atoms with Crippen LogP contribution in [0.5, 0.6) is 0 Å². The molecule has 2 aliphatic heterocycles. The second-order valence-electron chi connectivity index (χ2n) is 8.97. The molecule has 0 aliphatic carbocycles. The Hall–Kier alpha value is -3.15. The summed E-state index contributed by atoms with van der Waals surface area (Å²) < 4.78 is 39.9. The van der Waals surface area contributed by atoms with Gasteiger partial charge in [0.25, 0.3) is 0 Å². The predicted molar refractivity (Wildman–Crippen MR) is 117 cm³/mol. The predicted octanol–water partition coefficient (Wildman–Crippen LogP) is 1.11. The molecule has 1 N–H and O–H groups in total. The van der Waals surface area contributed by atoms with Crippen molar-refractivity contribution in [3.05, 3.63) is 35.9 Å². The summed E-state index contributed by atoms with van der Waals surface area (Å²) in [5, 5.41) is 0.834.